The largest absolute Gasteiger partial charge is 0.386 e. The van der Waals surface area contributed by atoms with Crippen LogP contribution in [-0.4, -0.2) is 11.9 Å². The number of cyclic esters (lactones) is 2. The molecule has 0 aromatic heterocycles. The Hall–Kier alpha value is -1.64. The fourth-order valence-electron chi connectivity index (χ4n) is 2.03. The average molecular weight is 218 g/mol. The first-order valence-electron chi connectivity index (χ1n) is 5.59. The third-order valence-corrected chi connectivity index (χ3v) is 2.82. The highest BCUT2D eigenvalue weighted by Gasteiger charge is 2.32. The molecule has 2 rings (SSSR count). The van der Waals surface area contributed by atoms with Crippen molar-refractivity contribution in [1.29, 1.82) is 0 Å². The van der Waals surface area contributed by atoms with E-state index < -0.39 is 11.9 Å². The van der Waals surface area contributed by atoms with Crippen molar-refractivity contribution in [3.05, 3.63) is 34.4 Å². The SMILES string of the molecule is CCCc1cc(CC)cc2c1C(=O)OC2=O. The molecule has 0 N–H and O–H groups in total. The summed E-state index contributed by atoms with van der Waals surface area (Å²) in [5, 5.41) is 0. The smallest absolute Gasteiger partial charge is 0.347 e. The summed E-state index contributed by atoms with van der Waals surface area (Å²) in [7, 11) is 0. The lowest BCUT2D eigenvalue weighted by Crippen LogP contribution is -2.01. The van der Waals surface area contributed by atoms with Gasteiger partial charge in [-0.3, -0.25) is 0 Å². The Morgan fingerprint density at radius 3 is 2.50 bits per heavy atom. The van der Waals surface area contributed by atoms with Crippen LogP contribution in [0.15, 0.2) is 12.1 Å². The topological polar surface area (TPSA) is 43.4 Å². The highest BCUT2D eigenvalue weighted by atomic mass is 16.6. The number of hydrogen-bond acceptors (Lipinski definition) is 3. The Balaban J connectivity index is 2.60. The Morgan fingerprint density at radius 1 is 1.12 bits per heavy atom. The Kier molecular flexibility index (Phi) is 2.77. The number of esters is 2. The number of aryl methyl sites for hydroxylation is 2. The molecule has 84 valence electrons. The van der Waals surface area contributed by atoms with Gasteiger partial charge in [0.05, 0.1) is 11.1 Å². The zero-order chi connectivity index (χ0) is 11.7. The standard InChI is InChI=1S/C13H14O3/c1-3-5-9-6-8(4-2)7-10-11(9)13(15)16-12(10)14/h6-7H,3-5H2,1-2H3. The van der Waals surface area contributed by atoms with E-state index in [0.717, 1.165) is 30.4 Å². The summed E-state index contributed by atoms with van der Waals surface area (Å²) in [6.07, 6.45) is 2.60. The molecule has 0 saturated carbocycles. The number of fused-ring (bicyclic) bond motifs is 1. The molecular formula is C13H14O3. The molecule has 0 fully saturated rings. The van der Waals surface area contributed by atoms with Crippen LogP contribution in [0.3, 0.4) is 0 Å². The maximum Gasteiger partial charge on any atom is 0.347 e. The van der Waals surface area contributed by atoms with Gasteiger partial charge < -0.3 is 4.74 Å². The number of benzene rings is 1. The highest BCUT2D eigenvalue weighted by molar-refractivity contribution is 6.15. The minimum Gasteiger partial charge on any atom is -0.386 e. The Morgan fingerprint density at radius 2 is 1.88 bits per heavy atom. The van der Waals surface area contributed by atoms with Gasteiger partial charge in [-0.25, -0.2) is 9.59 Å². The molecule has 0 saturated heterocycles. The summed E-state index contributed by atoms with van der Waals surface area (Å²) in [5.74, 6) is -1.00. The first-order valence-corrected chi connectivity index (χ1v) is 5.59. The fraction of sp³-hybridized carbons (Fsp3) is 0.385. The van der Waals surface area contributed by atoms with Crippen molar-refractivity contribution >= 4 is 11.9 Å². The second-order valence-electron chi connectivity index (χ2n) is 3.96. The van der Waals surface area contributed by atoms with E-state index in [1.54, 1.807) is 6.07 Å². The second kappa shape index (κ2) is 4.08. The highest BCUT2D eigenvalue weighted by Crippen LogP contribution is 2.26. The molecule has 1 aromatic rings. The Labute approximate surface area is 94.4 Å². The zero-order valence-corrected chi connectivity index (χ0v) is 9.50. The van der Waals surface area contributed by atoms with Crippen molar-refractivity contribution in [3.63, 3.8) is 0 Å². The summed E-state index contributed by atoms with van der Waals surface area (Å²) in [6, 6.07) is 3.77. The minimum atomic E-state index is -0.507. The number of rotatable bonds is 3. The van der Waals surface area contributed by atoms with Crippen LogP contribution in [0.2, 0.25) is 0 Å². The molecule has 3 heteroatoms. The lowest BCUT2D eigenvalue weighted by atomic mass is 9.95. The monoisotopic (exact) mass is 218 g/mol. The molecule has 0 bridgehead atoms. The molecule has 0 unspecified atom stereocenters. The van der Waals surface area contributed by atoms with Crippen LogP contribution in [-0.2, 0) is 17.6 Å². The lowest BCUT2D eigenvalue weighted by molar-refractivity contribution is 0.0443. The molecule has 0 radical (unpaired) electrons. The Bertz CT molecular complexity index is 460. The predicted molar refractivity (Wildman–Crippen MR) is 59.6 cm³/mol. The van der Waals surface area contributed by atoms with Gasteiger partial charge in [0.25, 0.3) is 0 Å². The van der Waals surface area contributed by atoms with E-state index in [2.05, 4.69) is 4.74 Å². The van der Waals surface area contributed by atoms with Gasteiger partial charge in [-0.2, -0.15) is 0 Å². The van der Waals surface area contributed by atoms with Crippen LogP contribution < -0.4 is 0 Å². The molecule has 0 spiro atoms. The maximum absolute atomic E-state index is 11.5. The van der Waals surface area contributed by atoms with Crippen LogP contribution in [0, 0.1) is 0 Å². The van der Waals surface area contributed by atoms with Gasteiger partial charge >= 0.3 is 11.9 Å². The maximum atomic E-state index is 11.5. The summed E-state index contributed by atoms with van der Waals surface area (Å²) in [5.41, 5.74) is 2.93. The van der Waals surface area contributed by atoms with Crippen LogP contribution >= 0.6 is 0 Å². The van der Waals surface area contributed by atoms with Gasteiger partial charge in [0.1, 0.15) is 0 Å². The first-order chi connectivity index (χ1) is 7.67. The average Bonchev–Trinajstić information content (AvgIpc) is 2.55. The van der Waals surface area contributed by atoms with Crippen molar-refractivity contribution in [1.82, 2.24) is 0 Å². The number of ether oxygens (including phenoxy) is 1. The second-order valence-corrected chi connectivity index (χ2v) is 3.96. The fourth-order valence-corrected chi connectivity index (χ4v) is 2.03. The zero-order valence-electron chi connectivity index (χ0n) is 9.50. The van der Waals surface area contributed by atoms with Gasteiger partial charge in [0, 0.05) is 0 Å². The first kappa shape index (κ1) is 10.9. The predicted octanol–water partition coefficient (Wildman–Crippen LogP) is 2.51. The van der Waals surface area contributed by atoms with E-state index >= 15 is 0 Å². The summed E-state index contributed by atoms with van der Waals surface area (Å²) < 4.78 is 4.64. The normalized spacial score (nSPS) is 13.9. The van der Waals surface area contributed by atoms with Crippen molar-refractivity contribution in [2.24, 2.45) is 0 Å². The van der Waals surface area contributed by atoms with Crippen molar-refractivity contribution in [2.75, 3.05) is 0 Å². The summed E-state index contributed by atoms with van der Waals surface area (Å²) in [4.78, 5) is 23.0. The number of carbonyl (C=O) groups is 2. The number of hydrogen-bond donors (Lipinski definition) is 0. The van der Waals surface area contributed by atoms with E-state index in [9.17, 15) is 9.59 Å². The van der Waals surface area contributed by atoms with Crippen LogP contribution in [0.1, 0.15) is 52.1 Å². The molecule has 16 heavy (non-hydrogen) atoms. The summed E-state index contributed by atoms with van der Waals surface area (Å²) >= 11 is 0. The van der Waals surface area contributed by atoms with Crippen LogP contribution in [0.25, 0.3) is 0 Å². The quantitative estimate of drug-likeness (QED) is 0.578. The molecule has 0 aliphatic carbocycles. The van der Waals surface area contributed by atoms with Crippen LogP contribution in [0.5, 0.6) is 0 Å². The van der Waals surface area contributed by atoms with Gasteiger partial charge in [-0.15, -0.1) is 0 Å². The van der Waals surface area contributed by atoms with E-state index in [4.69, 9.17) is 0 Å². The van der Waals surface area contributed by atoms with E-state index in [0.29, 0.717) is 11.1 Å². The summed E-state index contributed by atoms with van der Waals surface area (Å²) in [6.45, 7) is 4.08. The van der Waals surface area contributed by atoms with Crippen molar-refractivity contribution in [2.45, 2.75) is 33.1 Å². The van der Waals surface area contributed by atoms with Gasteiger partial charge in [-0.05, 0) is 30.0 Å². The third kappa shape index (κ3) is 1.62. The number of carbonyl (C=O) groups excluding carboxylic acids is 2. The molecule has 1 aliphatic heterocycles. The van der Waals surface area contributed by atoms with Gasteiger partial charge in [0.2, 0.25) is 0 Å². The molecular weight excluding hydrogens is 204 g/mol. The molecule has 1 aromatic carbocycles. The lowest BCUT2D eigenvalue weighted by Gasteiger charge is -2.06. The minimum absolute atomic E-state index is 0.438. The van der Waals surface area contributed by atoms with Crippen molar-refractivity contribution in [3.8, 4) is 0 Å². The molecule has 1 aliphatic rings. The molecule has 0 atom stereocenters. The van der Waals surface area contributed by atoms with E-state index in [-0.39, 0.29) is 0 Å². The molecule has 1 heterocycles. The van der Waals surface area contributed by atoms with Gasteiger partial charge in [-0.1, -0.05) is 26.3 Å². The molecule has 3 nitrogen and oxygen atoms in total. The van der Waals surface area contributed by atoms with Crippen LogP contribution in [0.4, 0.5) is 0 Å². The van der Waals surface area contributed by atoms with E-state index in [1.807, 2.05) is 19.9 Å². The third-order valence-electron chi connectivity index (χ3n) is 2.82. The van der Waals surface area contributed by atoms with Gasteiger partial charge in [0.15, 0.2) is 0 Å². The molecule has 0 amide bonds. The van der Waals surface area contributed by atoms with Crippen molar-refractivity contribution < 1.29 is 14.3 Å². The van der Waals surface area contributed by atoms with E-state index in [1.165, 1.54) is 0 Å².